The van der Waals surface area contributed by atoms with Gasteiger partial charge in [0, 0.05) is 17.7 Å². The molecular weight excluding hydrogens is 384 g/mol. The van der Waals surface area contributed by atoms with Crippen molar-refractivity contribution in [2.45, 2.75) is 11.8 Å². The Hall–Kier alpha value is -3.15. The van der Waals surface area contributed by atoms with Crippen molar-refractivity contribution in [1.82, 2.24) is 0 Å². The lowest BCUT2D eigenvalue weighted by atomic mass is 10.2. The monoisotopic (exact) mass is 398 g/mol. The summed E-state index contributed by atoms with van der Waals surface area (Å²) in [5.74, 6) is 5.99. The number of sulfonamides is 1. The molecule has 0 radical (unpaired) electrons. The number of rotatable bonds is 4. The Balaban J connectivity index is 1.89. The maximum absolute atomic E-state index is 12.7. The Morgan fingerprint density at radius 1 is 1.07 bits per heavy atom. The van der Waals surface area contributed by atoms with Crippen molar-refractivity contribution in [2.75, 3.05) is 4.72 Å². The van der Waals surface area contributed by atoms with E-state index in [9.17, 15) is 18.5 Å². The van der Waals surface area contributed by atoms with E-state index in [4.69, 9.17) is 0 Å². The number of thiophene rings is 1. The maximum Gasteiger partial charge on any atom is 0.270 e. The van der Waals surface area contributed by atoms with E-state index in [0.717, 1.165) is 10.9 Å². The fourth-order valence-corrected chi connectivity index (χ4v) is 4.23. The van der Waals surface area contributed by atoms with E-state index in [1.165, 1.54) is 23.5 Å². The molecule has 0 atom stereocenters. The summed E-state index contributed by atoms with van der Waals surface area (Å²) in [6.45, 7) is 1.58. The summed E-state index contributed by atoms with van der Waals surface area (Å²) in [6, 6.07) is 14.2. The highest BCUT2D eigenvalue weighted by Gasteiger charge is 2.20. The molecule has 0 bridgehead atoms. The number of nitro groups is 1. The molecule has 6 nitrogen and oxygen atoms in total. The molecule has 0 unspecified atom stereocenters. The number of nitrogens with zero attached hydrogens (tertiary/aromatic N) is 1. The molecule has 8 heteroatoms. The van der Waals surface area contributed by atoms with E-state index in [1.54, 1.807) is 31.2 Å². The van der Waals surface area contributed by atoms with Crippen molar-refractivity contribution >= 4 is 32.7 Å². The predicted octanol–water partition coefficient (Wildman–Crippen LogP) is 4.17. The second kappa shape index (κ2) is 7.61. The lowest BCUT2D eigenvalue weighted by Crippen LogP contribution is -2.14. The van der Waals surface area contributed by atoms with Gasteiger partial charge in [-0.25, -0.2) is 8.42 Å². The summed E-state index contributed by atoms with van der Waals surface area (Å²) in [4.78, 5) is 11.1. The molecule has 0 aliphatic rings. The van der Waals surface area contributed by atoms with E-state index in [2.05, 4.69) is 16.6 Å². The average molecular weight is 398 g/mol. The van der Waals surface area contributed by atoms with Crippen molar-refractivity contribution in [1.29, 1.82) is 0 Å². The summed E-state index contributed by atoms with van der Waals surface area (Å²) in [5, 5.41) is 12.9. The number of non-ortho nitro benzene ring substituents is 1. The first kappa shape index (κ1) is 18.6. The zero-order valence-corrected chi connectivity index (χ0v) is 15.8. The van der Waals surface area contributed by atoms with E-state index in [1.807, 2.05) is 17.5 Å². The van der Waals surface area contributed by atoms with Crippen LogP contribution in [0.2, 0.25) is 0 Å². The van der Waals surface area contributed by atoms with Crippen LogP contribution in [0.15, 0.2) is 64.9 Å². The predicted molar refractivity (Wildman–Crippen MR) is 105 cm³/mol. The number of nitrogens with one attached hydrogen (secondary N) is 1. The van der Waals surface area contributed by atoms with Crippen molar-refractivity contribution < 1.29 is 13.3 Å². The van der Waals surface area contributed by atoms with Crippen molar-refractivity contribution in [3.8, 4) is 11.8 Å². The molecule has 0 aliphatic heterocycles. The number of hydrogen-bond acceptors (Lipinski definition) is 5. The minimum Gasteiger partial charge on any atom is -0.280 e. The number of hydrogen-bond donors (Lipinski definition) is 1. The Bertz CT molecular complexity index is 1160. The van der Waals surface area contributed by atoms with E-state index in [0.29, 0.717) is 16.8 Å². The van der Waals surface area contributed by atoms with Gasteiger partial charge < -0.3 is 0 Å². The molecule has 3 aromatic rings. The van der Waals surface area contributed by atoms with Crippen LogP contribution in [0.25, 0.3) is 0 Å². The zero-order valence-electron chi connectivity index (χ0n) is 14.2. The number of nitro benzene ring substituents is 1. The summed E-state index contributed by atoms with van der Waals surface area (Å²) in [5.41, 5.74) is 1.12. The van der Waals surface area contributed by atoms with Crippen LogP contribution < -0.4 is 4.72 Å². The van der Waals surface area contributed by atoms with Crippen LogP contribution in [0.3, 0.4) is 0 Å². The third kappa shape index (κ3) is 4.53. The van der Waals surface area contributed by atoms with E-state index in [-0.39, 0.29) is 10.6 Å². The summed E-state index contributed by atoms with van der Waals surface area (Å²) >= 11 is 1.52. The highest BCUT2D eigenvalue weighted by atomic mass is 32.2. The molecule has 1 heterocycles. The Kier molecular flexibility index (Phi) is 5.26. The molecule has 0 aliphatic carbocycles. The van der Waals surface area contributed by atoms with Gasteiger partial charge in [-0.15, -0.1) is 11.3 Å². The average Bonchev–Trinajstić information content (AvgIpc) is 3.13. The molecule has 1 aromatic heterocycles. The minimum absolute atomic E-state index is 0.133. The highest BCUT2D eigenvalue weighted by Crippen LogP contribution is 2.24. The van der Waals surface area contributed by atoms with Gasteiger partial charge in [0.1, 0.15) is 0 Å². The quantitative estimate of drug-likeness (QED) is 0.406. The molecule has 0 amide bonds. The van der Waals surface area contributed by atoms with Crippen molar-refractivity contribution in [2.24, 2.45) is 0 Å². The molecule has 1 N–H and O–H groups in total. The first-order chi connectivity index (χ1) is 12.8. The van der Waals surface area contributed by atoms with Gasteiger partial charge in [0.25, 0.3) is 15.7 Å². The second-order valence-electron chi connectivity index (χ2n) is 5.62. The van der Waals surface area contributed by atoms with Gasteiger partial charge >= 0.3 is 0 Å². The third-order valence-corrected chi connectivity index (χ3v) is 5.95. The normalized spacial score (nSPS) is 10.7. The van der Waals surface area contributed by atoms with Gasteiger partial charge in [0.2, 0.25) is 0 Å². The molecule has 27 heavy (non-hydrogen) atoms. The third-order valence-electron chi connectivity index (χ3n) is 3.64. The summed E-state index contributed by atoms with van der Waals surface area (Å²) in [7, 11) is -3.98. The fourth-order valence-electron chi connectivity index (χ4n) is 2.35. The lowest BCUT2D eigenvalue weighted by molar-refractivity contribution is -0.385. The molecule has 0 saturated carbocycles. The topological polar surface area (TPSA) is 89.3 Å². The van der Waals surface area contributed by atoms with Crippen LogP contribution in [0, 0.1) is 28.9 Å². The molecule has 2 aromatic carbocycles. The lowest BCUT2D eigenvalue weighted by Gasteiger charge is -2.10. The van der Waals surface area contributed by atoms with Crippen LogP contribution in [0.1, 0.15) is 16.0 Å². The molecule has 0 fully saturated rings. The summed E-state index contributed by atoms with van der Waals surface area (Å²) < 4.78 is 27.8. The Labute approximate surface area is 160 Å². The van der Waals surface area contributed by atoms with Crippen molar-refractivity contribution in [3.63, 3.8) is 0 Å². The van der Waals surface area contributed by atoms with Gasteiger partial charge in [-0.3, -0.25) is 14.8 Å². The number of aryl methyl sites for hydroxylation is 1. The van der Waals surface area contributed by atoms with Crippen LogP contribution in [-0.4, -0.2) is 13.3 Å². The Morgan fingerprint density at radius 2 is 1.89 bits per heavy atom. The van der Waals surface area contributed by atoms with E-state index >= 15 is 0 Å². The van der Waals surface area contributed by atoms with E-state index < -0.39 is 14.9 Å². The first-order valence-corrected chi connectivity index (χ1v) is 10.1. The summed E-state index contributed by atoms with van der Waals surface area (Å²) in [6.07, 6.45) is 0. The largest absolute Gasteiger partial charge is 0.280 e. The molecule has 0 spiro atoms. The SMILES string of the molecule is Cc1ccc([N+](=O)[O-])cc1S(=O)(=O)Nc1cccc(C#Cc2cccs2)c1. The highest BCUT2D eigenvalue weighted by molar-refractivity contribution is 7.92. The van der Waals surface area contributed by atoms with Crippen LogP contribution in [0.4, 0.5) is 11.4 Å². The zero-order chi connectivity index (χ0) is 19.4. The Morgan fingerprint density at radius 3 is 2.59 bits per heavy atom. The maximum atomic E-state index is 12.7. The number of anilines is 1. The first-order valence-electron chi connectivity index (χ1n) is 7.78. The standard InChI is InChI=1S/C19H14N2O4S2/c1-14-7-9-17(21(22)23)13-19(14)27(24,25)20-16-5-2-4-15(12-16)8-10-18-6-3-11-26-18/h2-7,9,11-13,20H,1H3. The van der Waals surface area contributed by atoms with Crippen molar-refractivity contribution in [3.05, 3.63) is 86.1 Å². The fraction of sp³-hybridized carbons (Fsp3) is 0.0526. The molecule has 0 saturated heterocycles. The van der Waals surface area contributed by atoms with Crippen LogP contribution in [-0.2, 0) is 10.0 Å². The van der Waals surface area contributed by atoms with Gasteiger partial charge in [0.05, 0.1) is 20.4 Å². The number of benzene rings is 2. The van der Waals surface area contributed by atoms with Gasteiger partial charge in [-0.2, -0.15) is 0 Å². The van der Waals surface area contributed by atoms with Crippen LogP contribution >= 0.6 is 11.3 Å². The second-order valence-corrected chi connectivity index (χ2v) is 8.22. The molecular formula is C19H14N2O4S2. The smallest absolute Gasteiger partial charge is 0.270 e. The van der Waals surface area contributed by atoms with Gasteiger partial charge in [0.15, 0.2) is 0 Å². The molecule has 136 valence electrons. The minimum atomic E-state index is -3.98. The van der Waals surface area contributed by atoms with Crippen LogP contribution in [0.5, 0.6) is 0 Å². The van der Waals surface area contributed by atoms with Gasteiger partial charge in [-0.1, -0.05) is 30.0 Å². The van der Waals surface area contributed by atoms with Gasteiger partial charge in [-0.05, 0) is 42.1 Å². The molecule has 3 rings (SSSR count).